The Morgan fingerprint density at radius 1 is 1.50 bits per heavy atom. The van der Waals surface area contributed by atoms with Gasteiger partial charge in [-0.1, -0.05) is 6.42 Å². The Balaban J connectivity index is 1.87. The van der Waals surface area contributed by atoms with Crippen LogP contribution in [0.25, 0.3) is 5.52 Å². The lowest BCUT2D eigenvalue weighted by Gasteiger charge is -2.32. The summed E-state index contributed by atoms with van der Waals surface area (Å²) in [5, 5.41) is 9.01. The summed E-state index contributed by atoms with van der Waals surface area (Å²) in [6.07, 6.45) is 8.24. The van der Waals surface area contributed by atoms with Crippen LogP contribution in [0.3, 0.4) is 0 Å². The van der Waals surface area contributed by atoms with Gasteiger partial charge in [0.15, 0.2) is 0 Å². The van der Waals surface area contributed by atoms with Gasteiger partial charge in [0.05, 0.1) is 17.3 Å². The fourth-order valence-electron chi connectivity index (χ4n) is 2.95. The van der Waals surface area contributed by atoms with Crippen LogP contribution in [0.2, 0.25) is 0 Å². The van der Waals surface area contributed by atoms with Crippen LogP contribution in [0, 0.1) is 0 Å². The molecule has 3 heterocycles. The maximum atomic E-state index is 11.0. The highest BCUT2D eigenvalue weighted by molar-refractivity contribution is 5.88. The van der Waals surface area contributed by atoms with Crippen molar-refractivity contribution in [3.05, 3.63) is 35.9 Å². The lowest BCUT2D eigenvalue weighted by Crippen LogP contribution is -2.38. The van der Waals surface area contributed by atoms with Crippen LogP contribution in [0.1, 0.15) is 35.4 Å². The van der Waals surface area contributed by atoms with Gasteiger partial charge in [-0.25, -0.2) is 9.78 Å². The molecule has 3 rings (SSSR count). The topological polar surface area (TPSA) is 57.8 Å². The molecule has 0 aromatic carbocycles. The number of carboxylic acid groups (broad SMARTS) is 1. The second kappa shape index (κ2) is 5.25. The third kappa shape index (κ3) is 2.41. The normalized spacial score (nSPS) is 20.4. The molecular weight excluding hydrogens is 254 g/mol. The van der Waals surface area contributed by atoms with Crippen LogP contribution in [0.5, 0.6) is 0 Å². The van der Waals surface area contributed by atoms with Crippen molar-refractivity contribution in [1.29, 1.82) is 0 Å². The summed E-state index contributed by atoms with van der Waals surface area (Å²) in [5.41, 5.74) is 1.15. The molecule has 0 radical (unpaired) electrons. The van der Waals surface area contributed by atoms with E-state index in [1.807, 2.05) is 10.6 Å². The van der Waals surface area contributed by atoms with Crippen molar-refractivity contribution in [3.63, 3.8) is 0 Å². The standard InChI is InChI=1S/C15H19N3O2/c1-17-6-3-2-4-12(17)9-14-16-10-13-8-11(15(19)20)5-7-18(13)14/h5,7-8,10,12H,2-4,6,9H2,1H3,(H,19,20). The number of carboxylic acids is 1. The summed E-state index contributed by atoms with van der Waals surface area (Å²) in [6.45, 7) is 1.15. The zero-order chi connectivity index (χ0) is 14.1. The molecule has 0 amide bonds. The van der Waals surface area contributed by atoms with E-state index in [0.29, 0.717) is 11.6 Å². The zero-order valence-electron chi connectivity index (χ0n) is 11.6. The predicted molar refractivity (Wildman–Crippen MR) is 76.1 cm³/mol. The Hall–Kier alpha value is -1.88. The number of aromatic nitrogens is 2. The Kier molecular flexibility index (Phi) is 3.44. The fourth-order valence-corrected chi connectivity index (χ4v) is 2.95. The maximum Gasteiger partial charge on any atom is 0.335 e. The van der Waals surface area contributed by atoms with Crippen LogP contribution >= 0.6 is 0 Å². The van der Waals surface area contributed by atoms with Crippen molar-refractivity contribution in [3.8, 4) is 0 Å². The molecule has 1 fully saturated rings. The first kappa shape index (κ1) is 13.1. The molecule has 1 saturated heterocycles. The smallest absolute Gasteiger partial charge is 0.335 e. The molecule has 1 aliphatic rings. The number of piperidine rings is 1. The number of pyridine rings is 1. The first-order valence-electron chi connectivity index (χ1n) is 7.04. The summed E-state index contributed by atoms with van der Waals surface area (Å²) < 4.78 is 1.99. The minimum Gasteiger partial charge on any atom is -0.478 e. The summed E-state index contributed by atoms with van der Waals surface area (Å²) in [4.78, 5) is 17.8. The molecular formula is C15H19N3O2. The summed E-state index contributed by atoms with van der Waals surface area (Å²) in [5.74, 6) is 0.109. The zero-order valence-corrected chi connectivity index (χ0v) is 11.6. The van der Waals surface area contributed by atoms with E-state index < -0.39 is 5.97 Å². The van der Waals surface area contributed by atoms with Crippen molar-refractivity contribution in [2.24, 2.45) is 0 Å². The Morgan fingerprint density at radius 3 is 3.10 bits per heavy atom. The second-order valence-corrected chi connectivity index (χ2v) is 5.52. The Labute approximate surface area is 117 Å². The number of fused-ring (bicyclic) bond motifs is 1. The third-order valence-corrected chi connectivity index (χ3v) is 4.20. The molecule has 1 N–H and O–H groups in total. The van der Waals surface area contributed by atoms with Gasteiger partial charge in [0.25, 0.3) is 0 Å². The molecule has 1 aliphatic heterocycles. The SMILES string of the molecule is CN1CCCCC1Cc1ncc2cc(C(=O)O)ccn12. The van der Waals surface area contributed by atoms with Crippen LogP contribution in [0.15, 0.2) is 24.5 Å². The van der Waals surface area contributed by atoms with Crippen molar-refractivity contribution in [2.45, 2.75) is 31.7 Å². The quantitative estimate of drug-likeness (QED) is 0.930. The van der Waals surface area contributed by atoms with Crippen molar-refractivity contribution < 1.29 is 9.90 Å². The average molecular weight is 273 g/mol. The second-order valence-electron chi connectivity index (χ2n) is 5.52. The molecule has 1 atom stereocenters. The number of carbonyl (C=O) groups is 1. The van der Waals surface area contributed by atoms with Gasteiger partial charge in [0.2, 0.25) is 0 Å². The number of hydrogen-bond acceptors (Lipinski definition) is 3. The highest BCUT2D eigenvalue weighted by Crippen LogP contribution is 2.19. The molecule has 0 spiro atoms. The number of rotatable bonds is 3. The van der Waals surface area contributed by atoms with Gasteiger partial charge in [0.1, 0.15) is 5.82 Å². The van der Waals surface area contributed by atoms with Crippen LogP contribution in [-0.2, 0) is 6.42 Å². The van der Waals surface area contributed by atoms with Crippen LogP contribution < -0.4 is 0 Å². The van der Waals surface area contributed by atoms with Crippen molar-refractivity contribution in [1.82, 2.24) is 14.3 Å². The summed E-state index contributed by atoms with van der Waals surface area (Å²) in [7, 11) is 2.17. The van der Waals surface area contributed by atoms with E-state index in [0.717, 1.165) is 24.3 Å². The van der Waals surface area contributed by atoms with Gasteiger partial charge in [-0.3, -0.25) is 0 Å². The third-order valence-electron chi connectivity index (χ3n) is 4.20. The van der Waals surface area contributed by atoms with E-state index in [9.17, 15) is 4.79 Å². The Bertz CT molecular complexity index is 635. The number of likely N-dealkylation sites (tertiary alicyclic amines) is 1. The van der Waals surface area contributed by atoms with Crippen molar-refractivity contribution in [2.75, 3.05) is 13.6 Å². The van der Waals surface area contributed by atoms with E-state index in [2.05, 4.69) is 16.9 Å². The van der Waals surface area contributed by atoms with E-state index >= 15 is 0 Å². The number of aromatic carboxylic acids is 1. The first-order valence-corrected chi connectivity index (χ1v) is 7.04. The fraction of sp³-hybridized carbons (Fsp3) is 0.467. The van der Waals surface area contributed by atoms with Gasteiger partial charge >= 0.3 is 5.97 Å². The predicted octanol–water partition coefficient (Wildman–Crippen LogP) is 2.06. The molecule has 1 unspecified atom stereocenters. The summed E-state index contributed by atoms with van der Waals surface area (Å²) >= 11 is 0. The largest absolute Gasteiger partial charge is 0.478 e. The Morgan fingerprint density at radius 2 is 2.35 bits per heavy atom. The molecule has 0 aliphatic carbocycles. The highest BCUT2D eigenvalue weighted by Gasteiger charge is 2.21. The van der Waals surface area contributed by atoms with E-state index in [4.69, 9.17) is 5.11 Å². The number of imidazole rings is 1. The van der Waals surface area contributed by atoms with E-state index in [1.54, 1.807) is 18.3 Å². The molecule has 2 aromatic rings. The average Bonchev–Trinajstić information content (AvgIpc) is 2.84. The highest BCUT2D eigenvalue weighted by atomic mass is 16.4. The first-order chi connectivity index (χ1) is 9.65. The van der Waals surface area contributed by atoms with Crippen LogP contribution in [-0.4, -0.2) is 45.0 Å². The molecule has 0 bridgehead atoms. The lowest BCUT2D eigenvalue weighted by atomic mass is 10.00. The monoisotopic (exact) mass is 273 g/mol. The van der Waals surface area contributed by atoms with Gasteiger partial charge in [0, 0.05) is 18.7 Å². The van der Waals surface area contributed by atoms with Gasteiger partial charge in [-0.15, -0.1) is 0 Å². The molecule has 20 heavy (non-hydrogen) atoms. The molecule has 2 aromatic heterocycles. The van der Waals surface area contributed by atoms with Gasteiger partial charge in [-0.05, 0) is 38.6 Å². The number of nitrogens with zero attached hydrogens (tertiary/aromatic N) is 3. The molecule has 0 saturated carbocycles. The minimum absolute atomic E-state index is 0.304. The van der Waals surface area contributed by atoms with Gasteiger partial charge in [-0.2, -0.15) is 0 Å². The minimum atomic E-state index is -0.901. The summed E-state index contributed by atoms with van der Waals surface area (Å²) in [6, 6.07) is 3.84. The molecule has 106 valence electrons. The maximum absolute atomic E-state index is 11.0. The number of hydrogen-bond donors (Lipinski definition) is 1. The van der Waals surface area contributed by atoms with Crippen LogP contribution in [0.4, 0.5) is 0 Å². The van der Waals surface area contributed by atoms with Crippen molar-refractivity contribution >= 4 is 11.5 Å². The molecule has 5 nitrogen and oxygen atoms in total. The molecule has 5 heteroatoms. The number of likely N-dealkylation sites (N-methyl/N-ethyl adjacent to an activating group) is 1. The van der Waals surface area contributed by atoms with E-state index in [-0.39, 0.29) is 0 Å². The van der Waals surface area contributed by atoms with E-state index in [1.165, 1.54) is 19.3 Å². The lowest BCUT2D eigenvalue weighted by molar-refractivity contribution is 0.0697. The van der Waals surface area contributed by atoms with Gasteiger partial charge < -0.3 is 14.4 Å².